The second-order valence-electron chi connectivity index (χ2n) is 6.54. The van der Waals surface area contributed by atoms with Gasteiger partial charge in [-0.1, -0.05) is 68.8 Å². The van der Waals surface area contributed by atoms with E-state index in [0.717, 1.165) is 25.0 Å². The van der Waals surface area contributed by atoms with Crippen molar-refractivity contribution in [2.24, 2.45) is 5.92 Å². The van der Waals surface area contributed by atoms with Crippen LogP contribution < -0.4 is 0 Å². The molecule has 3 heteroatoms. The Labute approximate surface area is 140 Å². The molecule has 0 bridgehead atoms. The van der Waals surface area contributed by atoms with Crippen LogP contribution in [-0.4, -0.2) is 16.5 Å². The highest BCUT2D eigenvalue weighted by atomic mass is 32.2. The van der Waals surface area contributed by atoms with Crippen molar-refractivity contribution in [3.8, 4) is 0 Å². The Morgan fingerprint density at radius 3 is 2.59 bits per heavy atom. The largest absolute Gasteiger partial charge is 0.371 e. The molecule has 0 spiro atoms. The van der Waals surface area contributed by atoms with Crippen molar-refractivity contribution in [1.82, 2.24) is 0 Å². The lowest BCUT2D eigenvalue weighted by Gasteiger charge is -2.26. The Hall–Kier alpha value is -0.800. The second-order valence-corrected chi connectivity index (χ2v) is 7.86. The Morgan fingerprint density at radius 1 is 1.27 bits per heavy atom. The molecule has 2 nitrogen and oxygen atoms in total. The number of hydrogen-bond acceptors (Lipinski definition) is 3. The molecule has 0 aliphatic heterocycles. The van der Waals surface area contributed by atoms with Crippen LogP contribution >= 0.6 is 11.8 Å². The predicted molar refractivity (Wildman–Crippen MR) is 96.1 cm³/mol. The van der Waals surface area contributed by atoms with Crippen LogP contribution in [0.2, 0.25) is 0 Å². The maximum absolute atomic E-state index is 11.6. The molecule has 124 valence electrons. The summed E-state index contributed by atoms with van der Waals surface area (Å²) in [6, 6.07) is 10.3. The molecule has 0 radical (unpaired) electrons. The summed E-state index contributed by atoms with van der Waals surface area (Å²) in [5.41, 5.74) is 1.10. The van der Waals surface area contributed by atoms with E-state index < -0.39 is 0 Å². The molecule has 0 heterocycles. The smallest absolute Gasteiger partial charge is 0.189 e. The highest BCUT2D eigenvalue weighted by Crippen LogP contribution is 2.23. The van der Waals surface area contributed by atoms with Crippen molar-refractivity contribution in [3.63, 3.8) is 0 Å². The van der Waals surface area contributed by atoms with Crippen molar-refractivity contribution >= 4 is 16.9 Å². The van der Waals surface area contributed by atoms with E-state index in [1.165, 1.54) is 17.3 Å². The van der Waals surface area contributed by atoms with Gasteiger partial charge >= 0.3 is 0 Å². The third-order valence-electron chi connectivity index (χ3n) is 3.77. The van der Waals surface area contributed by atoms with Crippen molar-refractivity contribution in [1.29, 1.82) is 0 Å². The van der Waals surface area contributed by atoms with Crippen LogP contribution in [0.5, 0.6) is 0 Å². The lowest BCUT2D eigenvalue weighted by atomic mass is 9.95. The van der Waals surface area contributed by atoms with Gasteiger partial charge in [0.1, 0.15) is 0 Å². The van der Waals surface area contributed by atoms with Crippen LogP contribution in [0.25, 0.3) is 0 Å². The topological polar surface area (TPSA) is 26.3 Å². The van der Waals surface area contributed by atoms with E-state index in [4.69, 9.17) is 4.74 Å². The third-order valence-corrected chi connectivity index (χ3v) is 4.55. The molecular weight excluding hydrogens is 292 g/mol. The average Bonchev–Trinajstić information content (AvgIpc) is 2.46. The molecular formula is C19H30O2S. The first kappa shape index (κ1) is 19.2. The minimum Gasteiger partial charge on any atom is -0.371 e. The van der Waals surface area contributed by atoms with Crippen LogP contribution in [0, 0.1) is 5.92 Å². The number of carbonyl (C=O) groups excluding carboxylic acids is 1. The number of carbonyl (C=O) groups is 1. The molecule has 0 fully saturated rings. The van der Waals surface area contributed by atoms with Gasteiger partial charge in [-0.05, 0) is 37.5 Å². The zero-order valence-electron chi connectivity index (χ0n) is 14.4. The number of ether oxygens (including phenoxy) is 1. The molecule has 0 aliphatic rings. The standard InChI is InChI=1S/C19H30O2S/c1-5-22-18(20)14-16(2)10-9-13-19(3,4)21-15-17-11-7-6-8-12-17/h6-8,11-12,16H,5,9-10,13-15H2,1-4H3/t16-/m1/s1. The summed E-state index contributed by atoms with van der Waals surface area (Å²) in [7, 11) is 0. The highest BCUT2D eigenvalue weighted by Gasteiger charge is 2.19. The number of hydrogen-bond donors (Lipinski definition) is 0. The predicted octanol–water partition coefficient (Wildman–Crippen LogP) is 5.46. The first-order valence-electron chi connectivity index (χ1n) is 8.26. The molecule has 0 aromatic heterocycles. The Balaban J connectivity index is 2.23. The Kier molecular flexibility index (Phi) is 8.81. The van der Waals surface area contributed by atoms with Crippen molar-refractivity contribution in [3.05, 3.63) is 35.9 Å². The van der Waals surface area contributed by atoms with Crippen LogP contribution in [0.15, 0.2) is 30.3 Å². The van der Waals surface area contributed by atoms with Crippen molar-refractivity contribution in [2.75, 3.05) is 5.75 Å². The minimum atomic E-state index is -0.113. The summed E-state index contributed by atoms with van der Waals surface area (Å²) in [6.45, 7) is 9.16. The summed E-state index contributed by atoms with van der Waals surface area (Å²) in [5.74, 6) is 1.35. The molecule has 0 saturated heterocycles. The Bertz CT molecular complexity index is 428. The van der Waals surface area contributed by atoms with Crippen LogP contribution in [0.4, 0.5) is 0 Å². The summed E-state index contributed by atoms with van der Waals surface area (Å²) in [6.07, 6.45) is 3.92. The SMILES string of the molecule is CCSC(=O)C[C@H](C)CCCC(C)(C)OCc1ccccc1. The molecule has 1 atom stereocenters. The third kappa shape index (κ3) is 8.60. The van der Waals surface area contributed by atoms with Crippen LogP contribution in [-0.2, 0) is 16.1 Å². The minimum absolute atomic E-state index is 0.113. The van der Waals surface area contributed by atoms with E-state index in [-0.39, 0.29) is 5.60 Å². The van der Waals surface area contributed by atoms with Gasteiger partial charge in [-0.2, -0.15) is 0 Å². The lowest BCUT2D eigenvalue weighted by molar-refractivity contribution is -0.111. The number of thioether (sulfide) groups is 1. The van der Waals surface area contributed by atoms with Gasteiger partial charge in [-0.25, -0.2) is 0 Å². The monoisotopic (exact) mass is 322 g/mol. The van der Waals surface area contributed by atoms with Gasteiger partial charge in [0, 0.05) is 6.42 Å². The van der Waals surface area contributed by atoms with E-state index >= 15 is 0 Å². The van der Waals surface area contributed by atoms with E-state index in [1.54, 1.807) is 0 Å². The molecule has 0 unspecified atom stereocenters. The molecule has 0 saturated carbocycles. The van der Waals surface area contributed by atoms with Gasteiger partial charge in [0.25, 0.3) is 0 Å². The summed E-state index contributed by atoms with van der Waals surface area (Å²) in [5, 5.41) is 0.328. The molecule has 0 N–H and O–H groups in total. The molecule has 1 aromatic carbocycles. The zero-order chi connectivity index (χ0) is 16.4. The van der Waals surface area contributed by atoms with Gasteiger partial charge in [-0.3, -0.25) is 4.79 Å². The zero-order valence-corrected chi connectivity index (χ0v) is 15.2. The lowest BCUT2D eigenvalue weighted by Crippen LogP contribution is -2.24. The quantitative estimate of drug-likeness (QED) is 0.572. The first-order chi connectivity index (χ1) is 10.4. The molecule has 0 aliphatic carbocycles. The van der Waals surface area contributed by atoms with E-state index in [9.17, 15) is 4.79 Å². The normalized spacial score (nSPS) is 13.1. The maximum Gasteiger partial charge on any atom is 0.189 e. The van der Waals surface area contributed by atoms with Crippen LogP contribution in [0.1, 0.15) is 58.9 Å². The molecule has 22 heavy (non-hydrogen) atoms. The number of benzene rings is 1. The summed E-state index contributed by atoms with van der Waals surface area (Å²) >= 11 is 1.44. The van der Waals surface area contributed by atoms with Crippen LogP contribution in [0.3, 0.4) is 0 Å². The molecule has 1 aromatic rings. The first-order valence-corrected chi connectivity index (χ1v) is 9.25. The second kappa shape index (κ2) is 10.1. The fourth-order valence-electron chi connectivity index (χ4n) is 2.41. The fourth-order valence-corrected chi connectivity index (χ4v) is 3.13. The maximum atomic E-state index is 11.6. The van der Waals surface area contributed by atoms with E-state index in [1.807, 2.05) is 25.1 Å². The van der Waals surface area contributed by atoms with Gasteiger partial charge in [-0.15, -0.1) is 0 Å². The summed E-state index contributed by atoms with van der Waals surface area (Å²) in [4.78, 5) is 11.6. The highest BCUT2D eigenvalue weighted by molar-refractivity contribution is 8.13. The van der Waals surface area contributed by atoms with Gasteiger partial charge < -0.3 is 4.74 Å². The molecule has 0 amide bonds. The van der Waals surface area contributed by atoms with Gasteiger partial charge in [0.15, 0.2) is 5.12 Å². The van der Waals surface area contributed by atoms with E-state index in [2.05, 4.69) is 32.9 Å². The van der Waals surface area contributed by atoms with Crippen molar-refractivity contribution in [2.45, 2.75) is 65.6 Å². The van der Waals surface area contributed by atoms with Gasteiger partial charge in [0.05, 0.1) is 12.2 Å². The average molecular weight is 323 g/mol. The number of rotatable bonds is 10. The van der Waals surface area contributed by atoms with Gasteiger partial charge in [0.2, 0.25) is 0 Å². The Morgan fingerprint density at radius 2 is 1.95 bits per heavy atom. The van der Waals surface area contributed by atoms with E-state index in [0.29, 0.717) is 24.1 Å². The fraction of sp³-hybridized carbons (Fsp3) is 0.632. The summed E-state index contributed by atoms with van der Waals surface area (Å²) < 4.78 is 6.05. The molecule has 1 rings (SSSR count). The van der Waals surface area contributed by atoms with Crippen molar-refractivity contribution < 1.29 is 9.53 Å².